The number of phenolic OH excluding ortho intramolecular Hbond substituents is 2. The second kappa shape index (κ2) is 8.51. The lowest BCUT2D eigenvalue weighted by molar-refractivity contribution is -0.137. The molecule has 154 valence electrons. The highest BCUT2D eigenvalue weighted by Crippen LogP contribution is 2.30. The number of rotatable bonds is 5. The van der Waals surface area contributed by atoms with Crippen molar-refractivity contribution in [2.75, 3.05) is 6.54 Å². The number of pyridine rings is 1. The molecule has 7 nitrogen and oxygen atoms in total. The molecule has 29 heavy (non-hydrogen) atoms. The van der Waals surface area contributed by atoms with Crippen molar-refractivity contribution in [3.63, 3.8) is 0 Å². The fraction of sp³-hybridized carbons (Fsp3) is 0.409. The van der Waals surface area contributed by atoms with Crippen molar-refractivity contribution < 1.29 is 19.8 Å². The molecular weight excluding hydrogens is 370 g/mol. The largest absolute Gasteiger partial charge is 0.508 e. The van der Waals surface area contributed by atoms with E-state index in [0.717, 1.165) is 18.2 Å². The van der Waals surface area contributed by atoms with Crippen LogP contribution in [0.5, 0.6) is 11.5 Å². The highest BCUT2D eigenvalue weighted by molar-refractivity contribution is 6.00. The normalized spacial score (nSPS) is 16.3. The van der Waals surface area contributed by atoms with Crippen LogP contribution in [0, 0.1) is 6.92 Å². The van der Waals surface area contributed by atoms with Gasteiger partial charge in [0.1, 0.15) is 17.5 Å². The minimum absolute atomic E-state index is 0.0497. The topological polar surface area (TPSA) is 94.0 Å². The fourth-order valence-electron chi connectivity index (χ4n) is 3.65. The minimum Gasteiger partial charge on any atom is -0.508 e. The lowest BCUT2D eigenvalue weighted by Gasteiger charge is -2.33. The maximum Gasteiger partial charge on any atom is 0.258 e. The average molecular weight is 397 g/mol. The molecule has 0 bridgehead atoms. The molecule has 2 N–H and O–H groups in total. The third-order valence-electron chi connectivity index (χ3n) is 5.31. The maximum atomic E-state index is 13.3. The molecule has 1 aromatic carbocycles. The Labute approximate surface area is 170 Å². The molecule has 1 fully saturated rings. The smallest absolute Gasteiger partial charge is 0.258 e. The summed E-state index contributed by atoms with van der Waals surface area (Å²) in [5, 5.41) is 19.9. The number of hydrogen-bond acceptors (Lipinski definition) is 5. The number of phenols is 2. The predicted octanol–water partition coefficient (Wildman–Crippen LogP) is 2.84. The van der Waals surface area contributed by atoms with Crippen molar-refractivity contribution in [2.45, 2.75) is 52.2 Å². The van der Waals surface area contributed by atoms with E-state index in [1.165, 1.54) is 11.0 Å². The summed E-state index contributed by atoms with van der Waals surface area (Å²) in [5.74, 6) is -0.880. The number of hydrogen-bond donors (Lipinski definition) is 2. The van der Waals surface area contributed by atoms with Gasteiger partial charge in [-0.3, -0.25) is 14.6 Å². The van der Waals surface area contributed by atoms with E-state index in [9.17, 15) is 19.8 Å². The number of carbonyl (C=O) groups is 2. The molecule has 1 aromatic heterocycles. The molecule has 7 heteroatoms. The van der Waals surface area contributed by atoms with Gasteiger partial charge in [0.15, 0.2) is 0 Å². The molecule has 0 aliphatic carbocycles. The molecule has 2 aromatic rings. The lowest BCUT2D eigenvalue weighted by atomic mass is 10.1. The van der Waals surface area contributed by atoms with E-state index in [-0.39, 0.29) is 29.0 Å². The van der Waals surface area contributed by atoms with E-state index in [1.54, 1.807) is 18.0 Å². The summed E-state index contributed by atoms with van der Waals surface area (Å²) in [6.07, 6.45) is 2.99. The summed E-state index contributed by atoms with van der Waals surface area (Å²) in [6.45, 7) is 6.36. The highest BCUT2D eigenvalue weighted by atomic mass is 16.3. The second-order valence-electron chi connectivity index (χ2n) is 7.69. The van der Waals surface area contributed by atoms with E-state index in [1.807, 2.05) is 32.0 Å². The van der Waals surface area contributed by atoms with Gasteiger partial charge >= 0.3 is 0 Å². The van der Waals surface area contributed by atoms with E-state index in [2.05, 4.69) is 4.98 Å². The molecule has 3 rings (SSSR count). The molecule has 2 amide bonds. The van der Waals surface area contributed by atoms with E-state index in [0.29, 0.717) is 25.1 Å². The van der Waals surface area contributed by atoms with Crippen LogP contribution in [0.4, 0.5) is 0 Å². The zero-order valence-corrected chi connectivity index (χ0v) is 17.0. The first-order valence-electron chi connectivity index (χ1n) is 9.83. The van der Waals surface area contributed by atoms with Crippen LogP contribution in [-0.2, 0) is 11.3 Å². The number of benzene rings is 1. The number of likely N-dealkylation sites (tertiary alicyclic amines) is 1. The Morgan fingerprint density at radius 1 is 1.24 bits per heavy atom. The van der Waals surface area contributed by atoms with Gasteiger partial charge in [0.05, 0.1) is 17.8 Å². The number of amides is 2. The summed E-state index contributed by atoms with van der Waals surface area (Å²) < 4.78 is 0. The minimum atomic E-state index is -0.581. The van der Waals surface area contributed by atoms with Gasteiger partial charge in [-0.2, -0.15) is 0 Å². The van der Waals surface area contributed by atoms with Gasteiger partial charge < -0.3 is 20.0 Å². The Kier molecular flexibility index (Phi) is 6.06. The van der Waals surface area contributed by atoms with Crippen molar-refractivity contribution in [1.29, 1.82) is 0 Å². The van der Waals surface area contributed by atoms with Crippen LogP contribution in [0.2, 0.25) is 0 Å². The predicted molar refractivity (Wildman–Crippen MR) is 108 cm³/mol. The Morgan fingerprint density at radius 3 is 2.66 bits per heavy atom. The van der Waals surface area contributed by atoms with Crippen molar-refractivity contribution >= 4 is 11.8 Å². The van der Waals surface area contributed by atoms with Gasteiger partial charge in [-0.15, -0.1) is 0 Å². The Bertz CT molecular complexity index is 898. The first-order valence-corrected chi connectivity index (χ1v) is 9.83. The third kappa shape index (κ3) is 4.34. The number of aryl methyl sites for hydroxylation is 1. The van der Waals surface area contributed by atoms with Crippen molar-refractivity contribution in [3.8, 4) is 11.5 Å². The second-order valence-corrected chi connectivity index (χ2v) is 7.69. The third-order valence-corrected chi connectivity index (χ3v) is 5.31. The quantitative estimate of drug-likeness (QED) is 0.809. The van der Waals surface area contributed by atoms with Crippen molar-refractivity contribution in [2.24, 2.45) is 0 Å². The van der Waals surface area contributed by atoms with Crippen molar-refractivity contribution in [3.05, 3.63) is 53.3 Å². The summed E-state index contributed by atoms with van der Waals surface area (Å²) in [5.41, 5.74) is 1.38. The Balaban J connectivity index is 1.84. The first kappa shape index (κ1) is 20.6. The van der Waals surface area contributed by atoms with Crippen LogP contribution in [0.25, 0.3) is 0 Å². The van der Waals surface area contributed by atoms with Gasteiger partial charge in [-0.25, -0.2) is 0 Å². The summed E-state index contributed by atoms with van der Waals surface area (Å²) in [4.78, 5) is 34.0. The summed E-state index contributed by atoms with van der Waals surface area (Å²) in [6, 6.07) is 7.57. The molecular formula is C22H27N3O4. The lowest BCUT2D eigenvalue weighted by Crippen LogP contribution is -2.49. The van der Waals surface area contributed by atoms with Gasteiger partial charge in [0.25, 0.3) is 5.91 Å². The molecule has 1 saturated heterocycles. The summed E-state index contributed by atoms with van der Waals surface area (Å²) in [7, 11) is 0. The summed E-state index contributed by atoms with van der Waals surface area (Å²) >= 11 is 0. The van der Waals surface area contributed by atoms with Crippen LogP contribution < -0.4 is 0 Å². The molecule has 0 radical (unpaired) electrons. The standard InChI is InChI=1S/C22H27N3O4/c1-14(2)25(13-16-7-4-5-9-23-16)22(29)18-8-6-10-24(18)21(28)17-11-15(3)19(26)12-20(17)27/h4-5,7,9,11-12,14,18,26-27H,6,8,10,13H2,1-3H3/t18-/m0/s1. The average Bonchev–Trinajstić information content (AvgIpc) is 3.18. The van der Waals surface area contributed by atoms with Crippen LogP contribution in [0.1, 0.15) is 48.3 Å². The van der Waals surface area contributed by atoms with Crippen LogP contribution in [0.3, 0.4) is 0 Å². The number of aromatic hydroxyl groups is 2. The maximum absolute atomic E-state index is 13.3. The molecule has 0 saturated carbocycles. The number of aromatic nitrogens is 1. The molecule has 0 spiro atoms. The van der Waals surface area contributed by atoms with Crippen molar-refractivity contribution in [1.82, 2.24) is 14.8 Å². The molecule has 1 aliphatic heterocycles. The number of nitrogens with zero attached hydrogens (tertiary/aromatic N) is 3. The Morgan fingerprint density at radius 2 is 2.00 bits per heavy atom. The number of carbonyl (C=O) groups excluding carboxylic acids is 2. The van der Waals surface area contributed by atoms with E-state index < -0.39 is 11.9 Å². The van der Waals surface area contributed by atoms with Gasteiger partial charge in [-0.1, -0.05) is 6.07 Å². The monoisotopic (exact) mass is 397 g/mol. The molecule has 0 unspecified atom stereocenters. The SMILES string of the molecule is Cc1cc(C(=O)N2CCC[C@H]2C(=O)N(Cc2ccccn2)C(C)C)c(O)cc1O. The molecule has 1 atom stereocenters. The van der Waals surface area contributed by atoms with Crippen LogP contribution >= 0.6 is 0 Å². The van der Waals surface area contributed by atoms with E-state index >= 15 is 0 Å². The zero-order chi connectivity index (χ0) is 21.1. The van der Waals surface area contributed by atoms with Gasteiger partial charge in [0, 0.05) is 24.8 Å². The molecule has 2 heterocycles. The van der Waals surface area contributed by atoms with E-state index in [4.69, 9.17) is 0 Å². The first-order chi connectivity index (χ1) is 13.8. The van der Waals surface area contributed by atoms with Crippen LogP contribution in [0.15, 0.2) is 36.5 Å². The van der Waals surface area contributed by atoms with Crippen LogP contribution in [-0.4, -0.2) is 55.4 Å². The fourth-order valence-corrected chi connectivity index (χ4v) is 3.65. The highest BCUT2D eigenvalue weighted by Gasteiger charge is 2.38. The zero-order valence-electron chi connectivity index (χ0n) is 17.0. The Hall–Kier alpha value is -3.09. The van der Waals surface area contributed by atoms with Gasteiger partial charge in [0.2, 0.25) is 5.91 Å². The van der Waals surface area contributed by atoms with Gasteiger partial charge in [-0.05, 0) is 57.4 Å². The molecule has 1 aliphatic rings.